The minimum absolute atomic E-state index is 0.875. The van der Waals surface area contributed by atoms with Crippen molar-refractivity contribution < 1.29 is 32.0 Å². The number of carbonyl (C=O) groups excluding carboxylic acids is 3. The number of carbonyl (C=O) groups is 3. The molecule has 1 atom stereocenters. The van der Waals surface area contributed by atoms with Gasteiger partial charge in [-0.25, -0.2) is 0 Å². The van der Waals surface area contributed by atoms with Gasteiger partial charge in [-0.1, -0.05) is 0 Å². The molecule has 10 heteroatoms. The van der Waals surface area contributed by atoms with Crippen molar-refractivity contribution in [1.82, 2.24) is 0 Å². The third-order valence-corrected chi connectivity index (χ3v) is 16.6. The van der Waals surface area contributed by atoms with Crippen LogP contribution in [0.15, 0.2) is 0 Å². The molecule has 0 N–H and O–H groups in total. The predicted octanol–water partition coefficient (Wildman–Crippen LogP) is -0.413. The third-order valence-electron chi connectivity index (χ3n) is 2.00. The van der Waals surface area contributed by atoms with Crippen LogP contribution in [0.2, 0.25) is 0 Å². The molecule has 0 amide bonds. The van der Waals surface area contributed by atoms with Crippen molar-refractivity contribution in [2.45, 2.75) is 31.0 Å². The molecular formula is C9H16O8SSn. The molecule has 0 saturated carbocycles. The first-order valence-electron chi connectivity index (χ1n) is 5.18. The number of hydrogen-bond donors (Lipinski definition) is 0. The Hall–Kier alpha value is -0.841. The summed E-state index contributed by atoms with van der Waals surface area (Å²) in [7, 11) is -3.74. The zero-order valence-electron chi connectivity index (χ0n) is 11.3. The normalized spacial score (nSPS) is 13.3. The molecule has 0 rings (SSSR count). The van der Waals surface area contributed by atoms with Gasteiger partial charge in [-0.3, -0.25) is 0 Å². The van der Waals surface area contributed by atoms with Crippen molar-refractivity contribution in [2.75, 3.05) is 6.26 Å². The summed E-state index contributed by atoms with van der Waals surface area (Å²) in [5.74, 6) is -2.64. The topological polar surface area (TPSA) is 113 Å². The molecule has 0 aromatic carbocycles. The van der Waals surface area contributed by atoms with Gasteiger partial charge in [-0.2, -0.15) is 0 Å². The van der Waals surface area contributed by atoms with E-state index in [1.54, 1.807) is 0 Å². The van der Waals surface area contributed by atoms with Gasteiger partial charge in [0.15, 0.2) is 0 Å². The molecule has 110 valence electrons. The minimum atomic E-state index is -5.25. The molecule has 0 saturated heterocycles. The molecule has 0 bridgehead atoms. The molecule has 0 aromatic rings. The second-order valence-electron chi connectivity index (χ2n) is 3.86. The van der Waals surface area contributed by atoms with E-state index >= 15 is 0 Å². The van der Waals surface area contributed by atoms with Crippen molar-refractivity contribution in [3.05, 3.63) is 0 Å². The van der Waals surface area contributed by atoms with E-state index in [2.05, 4.69) is 0 Å². The van der Waals surface area contributed by atoms with Crippen molar-refractivity contribution in [3.63, 3.8) is 0 Å². The van der Waals surface area contributed by atoms with Gasteiger partial charge in [-0.05, 0) is 0 Å². The first-order chi connectivity index (χ1) is 8.40. The Morgan fingerprint density at radius 1 is 0.895 bits per heavy atom. The molecular weight excluding hydrogens is 387 g/mol. The Bertz CT molecular complexity index is 442. The summed E-state index contributed by atoms with van der Waals surface area (Å²) in [5, 5.41) is 0. The maximum absolute atomic E-state index is 11.6. The Morgan fingerprint density at radius 3 is 1.32 bits per heavy atom. The van der Waals surface area contributed by atoms with Crippen LogP contribution in [0.5, 0.6) is 0 Å². The van der Waals surface area contributed by atoms with Crippen molar-refractivity contribution >= 4 is 47.4 Å². The zero-order valence-corrected chi connectivity index (χ0v) is 14.9. The first kappa shape index (κ1) is 18.2. The van der Waals surface area contributed by atoms with E-state index in [0.717, 1.165) is 27.0 Å². The number of hydrogen-bond acceptors (Lipinski definition) is 8. The second kappa shape index (κ2) is 6.55. The summed E-state index contributed by atoms with van der Waals surface area (Å²) >= 11 is -5.25. The molecule has 0 spiro atoms. The summed E-state index contributed by atoms with van der Waals surface area (Å²) in [6.45, 7) is 4.20. The SMILES string of the molecule is CC(=O)[O][Sn]([O]C(C)=O)([O]C(C)=O)[CH](C)S(C)(=O)=O. The van der Waals surface area contributed by atoms with Gasteiger partial charge in [0, 0.05) is 0 Å². The molecule has 0 radical (unpaired) electrons. The number of rotatable bonds is 5. The van der Waals surface area contributed by atoms with Crippen LogP contribution >= 0.6 is 0 Å². The average molecular weight is 403 g/mol. The zero-order chi connectivity index (χ0) is 15.4. The third kappa shape index (κ3) is 5.76. The van der Waals surface area contributed by atoms with Gasteiger partial charge < -0.3 is 0 Å². The quantitative estimate of drug-likeness (QED) is 0.570. The molecule has 19 heavy (non-hydrogen) atoms. The standard InChI is InChI=1S/C3H7O2S.3C2H4O2.Sn/c1-3-6(2,4)5;3*1-2(3)4;/h3H,1-2H3;3*1H3,(H,3,4);/q;;;;+3/p-3. The van der Waals surface area contributed by atoms with Gasteiger partial charge in [0.1, 0.15) is 0 Å². The summed E-state index contributed by atoms with van der Waals surface area (Å²) in [6.07, 6.45) is 0.875. The molecule has 0 aliphatic carbocycles. The molecule has 0 fully saturated rings. The Morgan fingerprint density at radius 2 is 1.16 bits per heavy atom. The van der Waals surface area contributed by atoms with Gasteiger partial charge in [0.2, 0.25) is 0 Å². The summed E-state index contributed by atoms with van der Waals surface area (Å²) in [6, 6.07) is 0. The van der Waals surface area contributed by atoms with Crippen LogP contribution in [-0.4, -0.2) is 55.5 Å². The van der Waals surface area contributed by atoms with Crippen LogP contribution in [0, 0.1) is 0 Å². The van der Waals surface area contributed by atoms with Crippen LogP contribution in [0.3, 0.4) is 0 Å². The van der Waals surface area contributed by atoms with Crippen molar-refractivity contribution in [3.8, 4) is 0 Å². The van der Waals surface area contributed by atoms with E-state index in [1.165, 1.54) is 6.92 Å². The van der Waals surface area contributed by atoms with Crippen LogP contribution in [-0.2, 0) is 33.4 Å². The Kier molecular flexibility index (Phi) is 6.26. The van der Waals surface area contributed by atoms with Crippen LogP contribution in [0.1, 0.15) is 27.7 Å². The van der Waals surface area contributed by atoms with Crippen molar-refractivity contribution in [2.24, 2.45) is 0 Å². The predicted molar refractivity (Wildman–Crippen MR) is 65.4 cm³/mol. The van der Waals surface area contributed by atoms with Gasteiger partial charge >= 0.3 is 117 Å². The van der Waals surface area contributed by atoms with Crippen LogP contribution in [0.25, 0.3) is 0 Å². The van der Waals surface area contributed by atoms with Gasteiger partial charge in [0.25, 0.3) is 0 Å². The molecule has 1 unspecified atom stereocenters. The van der Waals surface area contributed by atoms with E-state index in [9.17, 15) is 22.8 Å². The fraction of sp³-hybridized carbons (Fsp3) is 0.667. The summed E-state index contributed by atoms with van der Waals surface area (Å²) in [4.78, 5) is 33.3. The Labute approximate surface area is 116 Å². The van der Waals surface area contributed by atoms with E-state index in [1.807, 2.05) is 0 Å². The Balaban J connectivity index is 5.78. The fourth-order valence-electron chi connectivity index (χ4n) is 1.17. The van der Waals surface area contributed by atoms with E-state index in [4.69, 9.17) is 9.22 Å². The fourth-order valence-corrected chi connectivity index (χ4v) is 12.4. The van der Waals surface area contributed by atoms with Gasteiger partial charge in [-0.15, -0.1) is 0 Å². The molecule has 0 aliphatic heterocycles. The van der Waals surface area contributed by atoms with E-state index < -0.39 is 50.6 Å². The second-order valence-corrected chi connectivity index (χ2v) is 15.1. The summed E-state index contributed by atoms with van der Waals surface area (Å²) in [5.41, 5.74) is 0. The molecule has 0 aromatic heterocycles. The monoisotopic (exact) mass is 404 g/mol. The van der Waals surface area contributed by atoms with Gasteiger partial charge in [0.05, 0.1) is 0 Å². The molecule has 0 aliphatic rings. The number of sulfone groups is 1. The molecule has 0 heterocycles. The van der Waals surface area contributed by atoms with E-state index in [0.29, 0.717) is 0 Å². The van der Waals surface area contributed by atoms with Crippen molar-refractivity contribution in [1.29, 1.82) is 0 Å². The van der Waals surface area contributed by atoms with Crippen LogP contribution < -0.4 is 0 Å². The summed E-state index contributed by atoms with van der Waals surface area (Å²) < 4.78 is 36.4. The van der Waals surface area contributed by atoms with Crippen LogP contribution in [0.4, 0.5) is 0 Å². The average Bonchev–Trinajstić information content (AvgIpc) is 2.11. The van der Waals surface area contributed by atoms with E-state index in [-0.39, 0.29) is 0 Å². The first-order valence-corrected chi connectivity index (χ1v) is 12.3. The maximum atomic E-state index is 11.6. The molecule has 8 nitrogen and oxygen atoms in total.